The van der Waals surface area contributed by atoms with E-state index in [0.717, 1.165) is 0 Å². The molecule has 1 aliphatic carbocycles. The third kappa shape index (κ3) is 6.06. The maximum Gasteiger partial charge on any atom is 0.237 e. The van der Waals surface area contributed by atoms with Crippen LogP contribution in [0.3, 0.4) is 0 Å². The van der Waals surface area contributed by atoms with Crippen LogP contribution in [-0.4, -0.2) is 23.5 Å². The largest absolute Gasteiger partial charge is 0.350 e. The molecule has 1 atom stereocenters. The van der Waals surface area contributed by atoms with Gasteiger partial charge in [-0.05, 0) is 40.5 Å². The molecule has 0 spiro atoms. The molecule has 0 aromatic heterocycles. The van der Waals surface area contributed by atoms with Gasteiger partial charge in [0.05, 0.1) is 6.04 Å². The van der Waals surface area contributed by atoms with E-state index in [1.54, 1.807) is 0 Å². The molecule has 2 N–H and O–H groups in total. The van der Waals surface area contributed by atoms with E-state index < -0.39 is 0 Å². The number of carbonyl (C=O) groups excluding carboxylic acids is 1. The Hall–Kier alpha value is -0.570. The van der Waals surface area contributed by atoms with E-state index in [4.69, 9.17) is 0 Å². The van der Waals surface area contributed by atoms with E-state index in [2.05, 4.69) is 10.6 Å². The van der Waals surface area contributed by atoms with E-state index in [1.807, 2.05) is 27.7 Å². The van der Waals surface area contributed by atoms with Crippen molar-refractivity contribution in [3.8, 4) is 0 Å². The highest BCUT2D eigenvalue weighted by molar-refractivity contribution is 5.81. The van der Waals surface area contributed by atoms with Crippen molar-refractivity contribution in [2.75, 3.05) is 0 Å². The predicted molar refractivity (Wildman–Crippen MR) is 72.0 cm³/mol. The lowest BCUT2D eigenvalue weighted by atomic mass is 10.1. The first-order chi connectivity index (χ1) is 7.88. The van der Waals surface area contributed by atoms with Crippen LogP contribution in [0.1, 0.15) is 66.2 Å². The zero-order valence-electron chi connectivity index (χ0n) is 11.8. The van der Waals surface area contributed by atoms with Crippen molar-refractivity contribution in [1.82, 2.24) is 10.6 Å². The Kier molecular flexibility index (Phi) is 5.44. The molecular formula is C14H28N2O. The van der Waals surface area contributed by atoms with E-state index in [0.29, 0.717) is 6.04 Å². The molecule has 1 fully saturated rings. The van der Waals surface area contributed by atoms with Crippen LogP contribution < -0.4 is 10.6 Å². The summed E-state index contributed by atoms with van der Waals surface area (Å²) in [6.07, 6.45) is 7.72. The Balaban J connectivity index is 2.36. The summed E-state index contributed by atoms with van der Waals surface area (Å²) in [5.41, 5.74) is -0.142. The molecule has 1 amide bonds. The van der Waals surface area contributed by atoms with Gasteiger partial charge >= 0.3 is 0 Å². The molecule has 1 rings (SSSR count). The standard InChI is InChI=1S/C14H28N2O/c1-11(13(17)16-14(2,3)4)15-12-9-7-5-6-8-10-12/h11-12,15H,5-10H2,1-4H3,(H,16,17). The molecule has 100 valence electrons. The van der Waals surface area contributed by atoms with Crippen molar-refractivity contribution >= 4 is 5.91 Å². The van der Waals surface area contributed by atoms with Crippen LogP contribution >= 0.6 is 0 Å². The third-order valence-corrected chi connectivity index (χ3v) is 3.23. The van der Waals surface area contributed by atoms with Gasteiger partial charge in [-0.2, -0.15) is 0 Å². The van der Waals surface area contributed by atoms with E-state index >= 15 is 0 Å². The molecule has 1 saturated carbocycles. The SMILES string of the molecule is CC(NC1CCCCCC1)C(=O)NC(C)(C)C. The van der Waals surface area contributed by atoms with E-state index in [1.165, 1.54) is 38.5 Å². The van der Waals surface area contributed by atoms with Gasteiger partial charge in [0.2, 0.25) is 5.91 Å². The summed E-state index contributed by atoms with van der Waals surface area (Å²) < 4.78 is 0. The van der Waals surface area contributed by atoms with Crippen LogP contribution in [0.2, 0.25) is 0 Å². The van der Waals surface area contributed by atoms with Gasteiger partial charge in [0.15, 0.2) is 0 Å². The zero-order chi connectivity index (χ0) is 12.9. The molecule has 0 heterocycles. The minimum atomic E-state index is -0.142. The summed E-state index contributed by atoms with van der Waals surface area (Å²) in [6.45, 7) is 8.02. The summed E-state index contributed by atoms with van der Waals surface area (Å²) >= 11 is 0. The van der Waals surface area contributed by atoms with Crippen LogP contribution in [0.4, 0.5) is 0 Å². The number of nitrogens with one attached hydrogen (secondary N) is 2. The first kappa shape index (κ1) is 14.5. The normalized spacial score (nSPS) is 20.7. The highest BCUT2D eigenvalue weighted by Gasteiger charge is 2.22. The minimum Gasteiger partial charge on any atom is -0.350 e. The Morgan fingerprint density at radius 3 is 2.12 bits per heavy atom. The van der Waals surface area contributed by atoms with Crippen molar-refractivity contribution in [2.45, 2.75) is 83.8 Å². The highest BCUT2D eigenvalue weighted by atomic mass is 16.2. The number of amides is 1. The van der Waals surface area contributed by atoms with Crippen molar-refractivity contribution < 1.29 is 4.79 Å². The average molecular weight is 240 g/mol. The second kappa shape index (κ2) is 6.39. The molecule has 0 aliphatic heterocycles. The smallest absolute Gasteiger partial charge is 0.237 e. The predicted octanol–water partition coefficient (Wildman–Crippen LogP) is 2.60. The summed E-state index contributed by atoms with van der Waals surface area (Å²) in [6, 6.07) is 0.440. The van der Waals surface area contributed by atoms with Gasteiger partial charge in [0.25, 0.3) is 0 Å². The van der Waals surface area contributed by atoms with Crippen LogP contribution in [0.25, 0.3) is 0 Å². The van der Waals surface area contributed by atoms with Gasteiger partial charge in [-0.15, -0.1) is 0 Å². The fourth-order valence-electron chi connectivity index (χ4n) is 2.35. The van der Waals surface area contributed by atoms with Gasteiger partial charge in [0, 0.05) is 11.6 Å². The van der Waals surface area contributed by atoms with Gasteiger partial charge in [0.1, 0.15) is 0 Å². The molecule has 1 aliphatic rings. The lowest BCUT2D eigenvalue weighted by Crippen LogP contribution is -2.51. The van der Waals surface area contributed by atoms with E-state index in [-0.39, 0.29) is 17.5 Å². The summed E-state index contributed by atoms with van der Waals surface area (Å²) in [5, 5.41) is 6.49. The van der Waals surface area contributed by atoms with Crippen LogP contribution in [0, 0.1) is 0 Å². The molecule has 17 heavy (non-hydrogen) atoms. The lowest BCUT2D eigenvalue weighted by Gasteiger charge is -2.26. The highest BCUT2D eigenvalue weighted by Crippen LogP contribution is 2.17. The quantitative estimate of drug-likeness (QED) is 0.745. The van der Waals surface area contributed by atoms with E-state index in [9.17, 15) is 4.79 Å². The minimum absolute atomic E-state index is 0.0858. The molecule has 0 bridgehead atoms. The molecule has 0 radical (unpaired) electrons. The fourth-order valence-corrected chi connectivity index (χ4v) is 2.35. The van der Waals surface area contributed by atoms with Crippen molar-refractivity contribution in [3.63, 3.8) is 0 Å². The number of hydrogen-bond acceptors (Lipinski definition) is 2. The lowest BCUT2D eigenvalue weighted by molar-refractivity contribution is -0.124. The van der Waals surface area contributed by atoms with Crippen LogP contribution in [0.15, 0.2) is 0 Å². The molecule has 1 unspecified atom stereocenters. The second-order valence-corrected chi connectivity index (χ2v) is 6.32. The maximum atomic E-state index is 11.9. The van der Waals surface area contributed by atoms with Gasteiger partial charge in [-0.1, -0.05) is 25.7 Å². The van der Waals surface area contributed by atoms with Crippen molar-refractivity contribution in [3.05, 3.63) is 0 Å². The first-order valence-corrected chi connectivity index (χ1v) is 6.96. The van der Waals surface area contributed by atoms with Crippen LogP contribution in [-0.2, 0) is 4.79 Å². The topological polar surface area (TPSA) is 41.1 Å². The summed E-state index contributed by atoms with van der Waals surface area (Å²) in [5.74, 6) is 0.113. The Morgan fingerprint density at radius 2 is 1.65 bits per heavy atom. The summed E-state index contributed by atoms with van der Waals surface area (Å²) in [7, 11) is 0. The number of rotatable bonds is 3. The Morgan fingerprint density at radius 1 is 1.12 bits per heavy atom. The van der Waals surface area contributed by atoms with Crippen molar-refractivity contribution in [1.29, 1.82) is 0 Å². The third-order valence-electron chi connectivity index (χ3n) is 3.23. The zero-order valence-corrected chi connectivity index (χ0v) is 11.8. The molecule has 3 nitrogen and oxygen atoms in total. The van der Waals surface area contributed by atoms with Gasteiger partial charge < -0.3 is 10.6 Å². The first-order valence-electron chi connectivity index (χ1n) is 6.96. The van der Waals surface area contributed by atoms with Gasteiger partial charge in [-0.25, -0.2) is 0 Å². The molecule has 3 heteroatoms. The second-order valence-electron chi connectivity index (χ2n) is 6.32. The Bertz CT molecular complexity index is 237. The fraction of sp³-hybridized carbons (Fsp3) is 0.929. The molecule has 0 aromatic rings. The molecular weight excluding hydrogens is 212 g/mol. The molecule has 0 saturated heterocycles. The van der Waals surface area contributed by atoms with Crippen molar-refractivity contribution in [2.24, 2.45) is 0 Å². The number of carbonyl (C=O) groups is 1. The number of hydrogen-bond donors (Lipinski definition) is 2. The van der Waals surface area contributed by atoms with Crippen LogP contribution in [0.5, 0.6) is 0 Å². The summed E-state index contributed by atoms with van der Waals surface area (Å²) in [4.78, 5) is 11.9. The van der Waals surface area contributed by atoms with Gasteiger partial charge in [-0.3, -0.25) is 4.79 Å². The maximum absolute atomic E-state index is 11.9. The average Bonchev–Trinajstić information content (AvgIpc) is 2.43. The Labute approximate surface area is 106 Å². The monoisotopic (exact) mass is 240 g/mol. The molecule has 0 aromatic carbocycles.